The molecule has 0 aliphatic rings. The third-order valence-electron chi connectivity index (χ3n) is 2.75. The minimum absolute atomic E-state index is 0.181. The molecule has 1 N–H and O–H groups in total. The van der Waals surface area contributed by atoms with E-state index in [1.165, 1.54) is 11.1 Å². The lowest BCUT2D eigenvalue weighted by Crippen LogP contribution is -1.99. The summed E-state index contributed by atoms with van der Waals surface area (Å²) in [5.74, 6) is 0. The number of hydrogen-bond donors (Lipinski definition) is 1. The fourth-order valence-electron chi connectivity index (χ4n) is 1.80. The molecule has 0 radical (unpaired) electrons. The van der Waals surface area contributed by atoms with E-state index >= 15 is 0 Å². The summed E-state index contributed by atoms with van der Waals surface area (Å²) in [7, 11) is 0. The van der Waals surface area contributed by atoms with E-state index in [1.807, 2.05) is 19.2 Å². The Balaban J connectivity index is 2.08. The molecule has 0 fully saturated rings. The predicted octanol–water partition coefficient (Wildman–Crippen LogP) is 4.65. The van der Waals surface area contributed by atoms with E-state index in [9.17, 15) is 10.1 Å². The molecule has 2 rings (SSSR count). The number of aryl methyl sites for hydroxylation is 2. The van der Waals surface area contributed by atoms with Crippen LogP contribution in [0.3, 0.4) is 0 Å². The molecule has 0 spiro atoms. The van der Waals surface area contributed by atoms with E-state index in [-0.39, 0.29) is 9.92 Å². The molecule has 1 heterocycles. The first kappa shape index (κ1) is 14.0. The van der Waals surface area contributed by atoms with Gasteiger partial charge in [-0.15, -0.1) is 0 Å². The molecule has 4 nitrogen and oxygen atoms in total. The van der Waals surface area contributed by atoms with Gasteiger partial charge in [0, 0.05) is 28.2 Å². The van der Waals surface area contributed by atoms with Crippen molar-refractivity contribution < 1.29 is 4.92 Å². The van der Waals surface area contributed by atoms with Crippen LogP contribution in [-0.4, -0.2) is 4.92 Å². The SMILES string of the molecule is Cc1cc(NCc2csc([N+](=O)[O-])c2)cc(C)c1Br. The third kappa shape index (κ3) is 3.33. The first-order valence-electron chi connectivity index (χ1n) is 5.70. The monoisotopic (exact) mass is 340 g/mol. The summed E-state index contributed by atoms with van der Waals surface area (Å²) in [4.78, 5) is 10.2. The molecule has 0 bridgehead atoms. The van der Waals surface area contributed by atoms with E-state index in [0.717, 1.165) is 27.1 Å². The molecule has 0 saturated heterocycles. The van der Waals surface area contributed by atoms with Crippen LogP contribution >= 0.6 is 27.3 Å². The van der Waals surface area contributed by atoms with Gasteiger partial charge in [-0.25, -0.2) is 0 Å². The van der Waals surface area contributed by atoms with Crippen LogP contribution in [0.25, 0.3) is 0 Å². The van der Waals surface area contributed by atoms with Gasteiger partial charge in [-0.1, -0.05) is 27.3 Å². The van der Waals surface area contributed by atoms with E-state index in [1.54, 1.807) is 6.07 Å². The number of nitro groups is 1. The fourth-order valence-corrected chi connectivity index (χ4v) is 2.76. The fraction of sp³-hybridized carbons (Fsp3) is 0.231. The highest BCUT2D eigenvalue weighted by atomic mass is 79.9. The molecule has 0 amide bonds. The summed E-state index contributed by atoms with van der Waals surface area (Å²) in [6.07, 6.45) is 0. The van der Waals surface area contributed by atoms with Crippen molar-refractivity contribution in [3.05, 3.63) is 54.9 Å². The lowest BCUT2D eigenvalue weighted by molar-refractivity contribution is -0.380. The maximum atomic E-state index is 10.6. The van der Waals surface area contributed by atoms with Crippen LogP contribution in [-0.2, 0) is 6.54 Å². The number of benzene rings is 1. The number of thiophene rings is 1. The Bertz CT molecular complexity index is 602. The zero-order chi connectivity index (χ0) is 14.0. The molecular weight excluding hydrogens is 328 g/mol. The number of nitrogens with zero attached hydrogens (tertiary/aromatic N) is 1. The summed E-state index contributed by atoms with van der Waals surface area (Å²) in [5.41, 5.74) is 4.28. The minimum Gasteiger partial charge on any atom is -0.381 e. The van der Waals surface area contributed by atoms with E-state index in [2.05, 4.69) is 33.4 Å². The molecular formula is C13H13BrN2O2S. The van der Waals surface area contributed by atoms with Crippen molar-refractivity contribution in [1.82, 2.24) is 0 Å². The number of anilines is 1. The van der Waals surface area contributed by atoms with Gasteiger partial charge in [0.25, 0.3) is 0 Å². The Morgan fingerprint density at radius 2 is 1.95 bits per heavy atom. The Kier molecular flexibility index (Phi) is 4.21. The molecule has 6 heteroatoms. The minimum atomic E-state index is -0.359. The van der Waals surface area contributed by atoms with Crippen molar-refractivity contribution in [1.29, 1.82) is 0 Å². The number of hydrogen-bond acceptors (Lipinski definition) is 4. The predicted molar refractivity (Wildman–Crippen MR) is 81.9 cm³/mol. The standard InChI is InChI=1S/C13H13BrN2O2S/c1-8-3-11(4-9(2)13(8)14)15-6-10-5-12(16(17)18)19-7-10/h3-5,7,15H,6H2,1-2H3. The summed E-state index contributed by atoms with van der Waals surface area (Å²) in [6, 6.07) is 5.71. The molecule has 1 aromatic carbocycles. The number of rotatable bonds is 4. The highest BCUT2D eigenvalue weighted by Crippen LogP contribution is 2.26. The molecule has 2 aromatic rings. The van der Waals surface area contributed by atoms with Gasteiger partial charge in [0.15, 0.2) is 0 Å². The van der Waals surface area contributed by atoms with Crippen LogP contribution in [0, 0.1) is 24.0 Å². The maximum Gasteiger partial charge on any atom is 0.324 e. The normalized spacial score (nSPS) is 10.5. The molecule has 0 aliphatic carbocycles. The molecule has 19 heavy (non-hydrogen) atoms. The van der Waals surface area contributed by atoms with E-state index in [4.69, 9.17) is 0 Å². The van der Waals surface area contributed by atoms with Crippen LogP contribution in [0.4, 0.5) is 10.7 Å². The first-order chi connectivity index (χ1) is 8.97. The van der Waals surface area contributed by atoms with Crippen molar-refractivity contribution in [2.45, 2.75) is 20.4 Å². The molecule has 0 aliphatic heterocycles. The Morgan fingerprint density at radius 1 is 1.32 bits per heavy atom. The van der Waals surface area contributed by atoms with E-state index in [0.29, 0.717) is 6.54 Å². The van der Waals surface area contributed by atoms with Gasteiger partial charge >= 0.3 is 5.00 Å². The number of nitrogens with one attached hydrogen (secondary N) is 1. The maximum absolute atomic E-state index is 10.6. The third-order valence-corrected chi connectivity index (χ3v) is 4.93. The van der Waals surface area contributed by atoms with Crippen LogP contribution in [0.15, 0.2) is 28.1 Å². The Hall–Kier alpha value is -1.40. The topological polar surface area (TPSA) is 55.2 Å². The second kappa shape index (κ2) is 5.71. The molecule has 0 atom stereocenters. The highest BCUT2D eigenvalue weighted by molar-refractivity contribution is 9.10. The average Bonchev–Trinajstić information content (AvgIpc) is 2.82. The van der Waals surface area contributed by atoms with Gasteiger partial charge in [-0.05, 0) is 42.7 Å². The van der Waals surface area contributed by atoms with Crippen molar-refractivity contribution in [3.8, 4) is 0 Å². The Morgan fingerprint density at radius 3 is 2.47 bits per heavy atom. The summed E-state index contributed by atoms with van der Waals surface area (Å²) < 4.78 is 1.12. The van der Waals surface area contributed by atoms with Gasteiger partial charge < -0.3 is 5.32 Å². The zero-order valence-corrected chi connectivity index (χ0v) is 13.0. The van der Waals surface area contributed by atoms with Crippen LogP contribution in [0.5, 0.6) is 0 Å². The molecule has 1 aromatic heterocycles. The average molecular weight is 341 g/mol. The molecule has 100 valence electrons. The molecule has 0 unspecified atom stereocenters. The zero-order valence-electron chi connectivity index (χ0n) is 10.6. The first-order valence-corrected chi connectivity index (χ1v) is 7.37. The van der Waals surface area contributed by atoms with Crippen molar-refractivity contribution in [3.63, 3.8) is 0 Å². The highest BCUT2D eigenvalue weighted by Gasteiger charge is 2.09. The van der Waals surface area contributed by atoms with Crippen LogP contribution in [0.2, 0.25) is 0 Å². The second-order valence-electron chi connectivity index (χ2n) is 4.33. The van der Waals surface area contributed by atoms with Crippen LogP contribution < -0.4 is 5.32 Å². The second-order valence-corrected chi connectivity index (χ2v) is 6.01. The Labute approximate surface area is 123 Å². The van der Waals surface area contributed by atoms with Gasteiger partial charge in [-0.3, -0.25) is 10.1 Å². The van der Waals surface area contributed by atoms with Gasteiger partial charge in [0.1, 0.15) is 0 Å². The molecule has 0 saturated carbocycles. The summed E-state index contributed by atoms with van der Waals surface area (Å²) in [6.45, 7) is 4.67. The van der Waals surface area contributed by atoms with Gasteiger partial charge in [0.2, 0.25) is 0 Å². The quantitative estimate of drug-likeness (QED) is 0.651. The van der Waals surface area contributed by atoms with Crippen molar-refractivity contribution >= 4 is 38.0 Å². The summed E-state index contributed by atoms with van der Waals surface area (Å²) >= 11 is 4.68. The summed E-state index contributed by atoms with van der Waals surface area (Å²) in [5, 5.41) is 15.9. The van der Waals surface area contributed by atoms with E-state index < -0.39 is 0 Å². The van der Waals surface area contributed by atoms with Crippen molar-refractivity contribution in [2.24, 2.45) is 0 Å². The lowest BCUT2D eigenvalue weighted by Gasteiger charge is -2.09. The number of halogens is 1. The van der Waals surface area contributed by atoms with Gasteiger partial charge in [0.05, 0.1) is 4.92 Å². The van der Waals surface area contributed by atoms with Gasteiger partial charge in [-0.2, -0.15) is 0 Å². The largest absolute Gasteiger partial charge is 0.381 e. The van der Waals surface area contributed by atoms with Crippen LogP contribution in [0.1, 0.15) is 16.7 Å². The smallest absolute Gasteiger partial charge is 0.324 e. The van der Waals surface area contributed by atoms with Crippen molar-refractivity contribution in [2.75, 3.05) is 5.32 Å². The lowest BCUT2D eigenvalue weighted by atomic mass is 10.1.